The van der Waals surface area contributed by atoms with Crippen LogP contribution in [-0.4, -0.2) is 53.3 Å². The van der Waals surface area contributed by atoms with Gasteiger partial charge in [0.25, 0.3) is 11.6 Å². The Labute approximate surface area is 215 Å². The molecular formula is C27H31N3O5S. The van der Waals surface area contributed by atoms with Crippen molar-refractivity contribution in [3.63, 3.8) is 0 Å². The minimum Gasteiger partial charge on any atom is -0.385 e. The fourth-order valence-corrected chi connectivity index (χ4v) is 4.73. The Morgan fingerprint density at radius 3 is 2.39 bits per heavy atom. The molecule has 0 unspecified atom stereocenters. The fourth-order valence-electron chi connectivity index (χ4n) is 3.81. The van der Waals surface area contributed by atoms with Crippen LogP contribution in [0.1, 0.15) is 38.3 Å². The van der Waals surface area contributed by atoms with Gasteiger partial charge in [-0.25, -0.2) is 0 Å². The summed E-state index contributed by atoms with van der Waals surface area (Å²) in [6, 6.07) is 16.1. The number of methoxy groups -OCH3 is 1. The van der Waals surface area contributed by atoms with Gasteiger partial charge in [0.05, 0.1) is 11.5 Å². The number of carbonyl (C=O) groups is 2. The van der Waals surface area contributed by atoms with Gasteiger partial charge < -0.3 is 14.5 Å². The summed E-state index contributed by atoms with van der Waals surface area (Å²) in [5, 5.41) is 13.4. The molecule has 0 N–H and O–H groups in total. The van der Waals surface area contributed by atoms with Crippen LogP contribution in [0.2, 0.25) is 0 Å². The lowest BCUT2D eigenvalue weighted by Crippen LogP contribution is -2.43. The van der Waals surface area contributed by atoms with Crippen molar-refractivity contribution in [1.82, 2.24) is 9.80 Å². The summed E-state index contributed by atoms with van der Waals surface area (Å²) in [5.41, 5.74) is 2.64. The molecule has 1 heterocycles. The molecule has 0 spiro atoms. The van der Waals surface area contributed by atoms with Gasteiger partial charge in [-0.05, 0) is 48.9 Å². The average molecular weight is 510 g/mol. The number of rotatable bonds is 12. The number of carbonyl (C=O) groups excluding carboxylic acids is 2. The van der Waals surface area contributed by atoms with Gasteiger partial charge in [-0.2, -0.15) is 0 Å². The van der Waals surface area contributed by atoms with Gasteiger partial charge in [0.15, 0.2) is 0 Å². The second-order valence-corrected chi connectivity index (χ2v) is 9.59. The van der Waals surface area contributed by atoms with Crippen molar-refractivity contribution in [1.29, 1.82) is 0 Å². The summed E-state index contributed by atoms with van der Waals surface area (Å²) in [6.07, 6.45) is 0.534. The molecule has 0 saturated carbocycles. The summed E-state index contributed by atoms with van der Waals surface area (Å²) < 4.78 is 5.14. The molecule has 190 valence electrons. The summed E-state index contributed by atoms with van der Waals surface area (Å²) >= 11 is 1.60. The fraction of sp³-hybridized carbons (Fsp3) is 0.333. The number of nitro benzene ring substituents is 1. The number of ether oxygens (including phenoxy) is 1. The number of amides is 2. The van der Waals surface area contributed by atoms with Crippen LogP contribution in [0.15, 0.2) is 60.0 Å². The third-order valence-electron chi connectivity index (χ3n) is 5.91. The molecule has 8 nitrogen and oxygen atoms in total. The Bertz CT molecular complexity index is 1200. The Morgan fingerprint density at radius 1 is 1.00 bits per heavy atom. The standard InChI is InChI=1S/C27H31N3O5S/c1-20-10-11-23(16-24(20)30(33)34)27(32)28(13-7-14-35-3)19-26(31)29(17-22-8-5-4-6-9-22)18-25-21(2)12-15-36-25/h4-6,8-12,15-16H,7,13-14,17-19H2,1-3H3. The first-order chi connectivity index (χ1) is 17.3. The molecule has 0 bridgehead atoms. The number of hydrogen-bond acceptors (Lipinski definition) is 6. The zero-order valence-electron chi connectivity index (χ0n) is 20.8. The van der Waals surface area contributed by atoms with Crippen molar-refractivity contribution in [3.8, 4) is 0 Å². The maximum Gasteiger partial charge on any atom is 0.273 e. The molecule has 0 atom stereocenters. The number of benzene rings is 2. The Balaban J connectivity index is 1.86. The van der Waals surface area contributed by atoms with Crippen molar-refractivity contribution in [2.24, 2.45) is 0 Å². The van der Waals surface area contributed by atoms with E-state index >= 15 is 0 Å². The lowest BCUT2D eigenvalue weighted by atomic mass is 10.1. The molecule has 2 amide bonds. The number of aryl methyl sites for hydroxylation is 2. The van der Waals surface area contributed by atoms with E-state index in [0.29, 0.717) is 31.7 Å². The molecule has 0 fully saturated rings. The van der Waals surface area contributed by atoms with E-state index < -0.39 is 10.8 Å². The zero-order valence-corrected chi connectivity index (χ0v) is 21.6. The molecule has 3 aromatic rings. The highest BCUT2D eigenvalue weighted by molar-refractivity contribution is 7.10. The van der Waals surface area contributed by atoms with Crippen molar-refractivity contribution in [3.05, 3.63) is 97.2 Å². The van der Waals surface area contributed by atoms with Crippen LogP contribution in [0, 0.1) is 24.0 Å². The van der Waals surface area contributed by atoms with Gasteiger partial charge in [0.2, 0.25) is 5.91 Å². The molecule has 0 aliphatic carbocycles. The second-order valence-electron chi connectivity index (χ2n) is 8.59. The van der Waals surface area contributed by atoms with Gasteiger partial charge in [-0.3, -0.25) is 19.7 Å². The van der Waals surface area contributed by atoms with Crippen molar-refractivity contribution in [2.45, 2.75) is 33.4 Å². The van der Waals surface area contributed by atoms with Crippen LogP contribution in [-0.2, 0) is 22.6 Å². The van der Waals surface area contributed by atoms with Gasteiger partial charge >= 0.3 is 0 Å². The Morgan fingerprint density at radius 2 is 1.75 bits per heavy atom. The molecule has 0 radical (unpaired) electrons. The predicted molar refractivity (Wildman–Crippen MR) is 140 cm³/mol. The lowest BCUT2D eigenvalue weighted by molar-refractivity contribution is -0.385. The first-order valence-corrected chi connectivity index (χ1v) is 12.6. The molecular weight excluding hydrogens is 478 g/mol. The van der Waals surface area contributed by atoms with E-state index in [9.17, 15) is 19.7 Å². The molecule has 9 heteroatoms. The largest absolute Gasteiger partial charge is 0.385 e. The molecule has 0 saturated heterocycles. The van der Waals surface area contributed by atoms with Gasteiger partial charge in [0.1, 0.15) is 6.54 Å². The van der Waals surface area contributed by atoms with Crippen LogP contribution < -0.4 is 0 Å². The maximum absolute atomic E-state index is 13.6. The highest BCUT2D eigenvalue weighted by atomic mass is 32.1. The summed E-state index contributed by atoms with van der Waals surface area (Å²) in [7, 11) is 1.58. The summed E-state index contributed by atoms with van der Waals surface area (Å²) in [4.78, 5) is 42.2. The highest BCUT2D eigenvalue weighted by Crippen LogP contribution is 2.22. The minimum absolute atomic E-state index is 0.122. The summed E-state index contributed by atoms with van der Waals surface area (Å²) in [5.74, 6) is -0.617. The third kappa shape index (κ3) is 7.22. The van der Waals surface area contributed by atoms with Crippen LogP contribution in [0.4, 0.5) is 5.69 Å². The third-order valence-corrected chi connectivity index (χ3v) is 6.92. The normalized spacial score (nSPS) is 10.8. The van der Waals surface area contributed by atoms with Crippen molar-refractivity contribution >= 4 is 28.8 Å². The smallest absolute Gasteiger partial charge is 0.273 e. The van der Waals surface area contributed by atoms with Crippen molar-refractivity contribution in [2.75, 3.05) is 26.8 Å². The second kappa shape index (κ2) is 12.9. The Kier molecular flexibility index (Phi) is 9.72. The van der Waals surface area contributed by atoms with Crippen LogP contribution >= 0.6 is 11.3 Å². The van der Waals surface area contributed by atoms with E-state index in [-0.39, 0.29) is 30.2 Å². The predicted octanol–water partition coefficient (Wildman–Crippen LogP) is 4.98. The van der Waals surface area contributed by atoms with Crippen LogP contribution in [0.3, 0.4) is 0 Å². The van der Waals surface area contributed by atoms with Gasteiger partial charge in [0, 0.05) is 48.9 Å². The molecule has 3 rings (SSSR count). The van der Waals surface area contributed by atoms with E-state index in [1.54, 1.807) is 42.4 Å². The molecule has 2 aromatic carbocycles. The first kappa shape index (κ1) is 27.0. The van der Waals surface area contributed by atoms with E-state index in [0.717, 1.165) is 16.0 Å². The van der Waals surface area contributed by atoms with E-state index in [4.69, 9.17) is 4.74 Å². The van der Waals surface area contributed by atoms with Gasteiger partial charge in [-0.15, -0.1) is 11.3 Å². The number of hydrogen-bond donors (Lipinski definition) is 0. The minimum atomic E-state index is -0.502. The lowest BCUT2D eigenvalue weighted by Gasteiger charge is -2.28. The molecule has 0 aliphatic heterocycles. The maximum atomic E-state index is 13.6. The monoisotopic (exact) mass is 509 g/mol. The van der Waals surface area contributed by atoms with E-state index in [1.807, 2.05) is 48.7 Å². The van der Waals surface area contributed by atoms with Gasteiger partial charge in [-0.1, -0.05) is 36.4 Å². The topological polar surface area (TPSA) is 93.0 Å². The van der Waals surface area contributed by atoms with E-state index in [1.165, 1.54) is 11.0 Å². The molecule has 0 aliphatic rings. The molecule has 1 aromatic heterocycles. The average Bonchev–Trinajstić information content (AvgIpc) is 3.27. The summed E-state index contributed by atoms with van der Waals surface area (Å²) in [6.45, 7) is 5.07. The van der Waals surface area contributed by atoms with Crippen LogP contribution in [0.5, 0.6) is 0 Å². The number of thiophene rings is 1. The SMILES string of the molecule is COCCCN(CC(=O)N(Cc1ccccc1)Cc1sccc1C)C(=O)c1ccc(C)c([N+](=O)[O-])c1. The van der Waals surface area contributed by atoms with E-state index in [2.05, 4.69) is 0 Å². The Hall–Kier alpha value is -3.56. The highest BCUT2D eigenvalue weighted by Gasteiger charge is 2.25. The zero-order chi connectivity index (χ0) is 26.1. The van der Waals surface area contributed by atoms with Crippen molar-refractivity contribution < 1.29 is 19.2 Å². The number of nitro groups is 1. The first-order valence-electron chi connectivity index (χ1n) is 11.7. The molecule has 36 heavy (non-hydrogen) atoms. The number of nitrogens with zero attached hydrogens (tertiary/aromatic N) is 3. The quantitative estimate of drug-likeness (QED) is 0.195. The van der Waals surface area contributed by atoms with Crippen LogP contribution in [0.25, 0.3) is 0 Å².